The quantitative estimate of drug-likeness (QED) is 0.668. The molecule has 0 radical (unpaired) electrons. The average molecular weight is 229 g/mol. The number of nitrogens with two attached hydrogens (primary N) is 1. The minimum Gasteiger partial charge on any atom is -0.393 e. The number of ether oxygens (including phenoxy) is 1. The second-order valence-electron chi connectivity index (χ2n) is 5.00. The first kappa shape index (κ1) is 13.9. The van der Waals surface area contributed by atoms with E-state index in [0.717, 1.165) is 38.7 Å². The van der Waals surface area contributed by atoms with Crippen molar-refractivity contribution in [1.29, 1.82) is 0 Å². The zero-order valence-corrected chi connectivity index (χ0v) is 10.7. The van der Waals surface area contributed by atoms with Gasteiger partial charge in [0.25, 0.3) is 0 Å². The average Bonchev–Trinajstić information content (AvgIpc) is 2.22. The Hall–Kier alpha value is -0.120. The maximum Gasteiger partial charge on any atom is 0.0583 e. The Bertz CT molecular complexity index is 181. The van der Waals surface area contributed by atoms with Gasteiger partial charge in [-0.2, -0.15) is 0 Å². The molecule has 0 heterocycles. The lowest BCUT2D eigenvalue weighted by Crippen LogP contribution is -2.37. The lowest BCUT2D eigenvalue weighted by molar-refractivity contribution is -0.0436. The van der Waals surface area contributed by atoms with Gasteiger partial charge in [-0.05, 0) is 51.0 Å². The summed E-state index contributed by atoms with van der Waals surface area (Å²) in [4.78, 5) is 0. The second-order valence-corrected chi connectivity index (χ2v) is 5.00. The van der Waals surface area contributed by atoms with Crippen LogP contribution in [0.4, 0.5) is 0 Å². The van der Waals surface area contributed by atoms with Crippen molar-refractivity contribution in [2.45, 2.75) is 58.2 Å². The van der Waals surface area contributed by atoms with Crippen LogP contribution in [0.1, 0.15) is 46.0 Å². The van der Waals surface area contributed by atoms with Crippen LogP contribution in [0.3, 0.4) is 0 Å². The second kappa shape index (κ2) is 7.25. The molecule has 2 unspecified atom stereocenters. The smallest absolute Gasteiger partial charge is 0.0583 e. The Kier molecular flexibility index (Phi) is 6.32. The molecule has 0 spiro atoms. The van der Waals surface area contributed by atoms with Crippen molar-refractivity contribution in [2.75, 3.05) is 13.2 Å². The normalized spacial score (nSPS) is 28.5. The number of aliphatic hydroxyl groups excluding tert-OH is 1. The van der Waals surface area contributed by atoms with Gasteiger partial charge in [-0.3, -0.25) is 0 Å². The lowest BCUT2D eigenvalue weighted by atomic mass is 9.76. The Balaban J connectivity index is 2.17. The molecule has 1 fully saturated rings. The molecule has 16 heavy (non-hydrogen) atoms. The lowest BCUT2D eigenvalue weighted by Gasteiger charge is -2.37. The van der Waals surface area contributed by atoms with E-state index in [4.69, 9.17) is 10.5 Å². The molecule has 0 aromatic carbocycles. The van der Waals surface area contributed by atoms with Gasteiger partial charge in [-0.25, -0.2) is 0 Å². The molecule has 0 bridgehead atoms. The fraction of sp³-hybridized carbons (Fsp3) is 1.00. The van der Waals surface area contributed by atoms with E-state index in [1.54, 1.807) is 0 Å². The van der Waals surface area contributed by atoms with Crippen LogP contribution in [0.15, 0.2) is 0 Å². The van der Waals surface area contributed by atoms with Crippen molar-refractivity contribution in [3.8, 4) is 0 Å². The molecule has 1 aliphatic rings. The van der Waals surface area contributed by atoms with Gasteiger partial charge in [-0.15, -0.1) is 0 Å². The zero-order valence-electron chi connectivity index (χ0n) is 10.7. The highest BCUT2D eigenvalue weighted by Gasteiger charge is 2.32. The van der Waals surface area contributed by atoms with E-state index in [0.29, 0.717) is 18.6 Å². The molecule has 96 valence electrons. The van der Waals surface area contributed by atoms with Gasteiger partial charge in [0, 0.05) is 6.61 Å². The summed E-state index contributed by atoms with van der Waals surface area (Å²) in [6.07, 6.45) is 5.53. The summed E-state index contributed by atoms with van der Waals surface area (Å²) in [5, 5.41) is 10.1. The molecule has 0 aromatic rings. The van der Waals surface area contributed by atoms with Crippen molar-refractivity contribution in [2.24, 2.45) is 17.6 Å². The fourth-order valence-corrected chi connectivity index (χ4v) is 2.61. The van der Waals surface area contributed by atoms with E-state index in [1.807, 2.05) is 6.92 Å². The summed E-state index contributed by atoms with van der Waals surface area (Å²) < 4.78 is 5.52. The fourth-order valence-electron chi connectivity index (χ4n) is 2.61. The van der Waals surface area contributed by atoms with Gasteiger partial charge in [0.05, 0.1) is 12.2 Å². The molecule has 3 nitrogen and oxygen atoms in total. The zero-order chi connectivity index (χ0) is 12.0. The molecule has 1 aliphatic carbocycles. The third-order valence-corrected chi connectivity index (χ3v) is 3.68. The topological polar surface area (TPSA) is 55.5 Å². The third-order valence-electron chi connectivity index (χ3n) is 3.68. The van der Waals surface area contributed by atoms with Crippen LogP contribution in [0.5, 0.6) is 0 Å². The Labute approximate surface area is 99.4 Å². The molecule has 1 saturated carbocycles. The molecular formula is C13H27NO2. The summed E-state index contributed by atoms with van der Waals surface area (Å²) >= 11 is 0. The van der Waals surface area contributed by atoms with E-state index in [-0.39, 0.29) is 12.0 Å². The number of rotatable bonds is 8. The Morgan fingerprint density at radius 2 is 2.06 bits per heavy atom. The SMILES string of the molecule is CCCC(CN)C(O)CC1CC(OCC)C1. The van der Waals surface area contributed by atoms with Crippen LogP contribution in [0.25, 0.3) is 0 Å². The first-order valence-corrected chi connectivity index (χ1v) is 6.70. The van der Waals surface area contributed by atoms with Gasteiger partial charge in [0.15, 0.2) is 0 Å². The number of hydrogen-bond acceptors (Lipinski definition) is 3. The molecule has 0 amide bonds. The minimum atomic E-state index is -0.211. The van der Waals surface area contributed by atoms with Crippen molar-refractivity contribution in [1.82, 2.24) is 0 Å². The predicted molar refractivity (Wildman–Crippen MR) is 66.2 cm³/mol. The van der Waals surface area contributed by atoms with E-state index in [2.05, 4.69) is 6.92 Å². The van der Waals surface area contributed by atoms with E-state index in [1.165, 1.54) is 0 Å². The highest BCUT2D eigenvalue weighted by Crippen LogP contribution is 2.35. The summed E-state index contributed by atoms with van der Waals surface area (Å²) in [5.41, 5.74) is 5.69. The molecule has 0 saturated heterocycles. The third kappa shape index (κ3) is 4.04. The van der Waals surface area contributed by atoms with E-state index in [9.17, 15) is 5.11 Å². The summed E-state index contributed by atoms with van der Waals surface area (Å²) in [6, 6.07) is 0. The first-order valence-electron chi connectivity index (χ1n) is 6.70. The van der Waals surface area contributed by atoms with Gasteiger partial charge in [-0.1, -0.05) is 13.3 Å². The molecular weight excluding hydrogens is 202 g/mol. The summed E-state index contributed by atoms with van der Waals surface area (Å²) in [6.45, 7) is 5.59. The standard InChI is InChI=1S/C13H27NO2/c1-3-5-11(9-14)13(15)8-10-6-12(7-10)16-4-2/h10-13,15H,3-9,14H2,1-2H3. The van der Waals surface area contributed by atoms with E-state index < -0.39 is 0 Å². The summed E-state index contributed by atoms with van der Waals surface area (Å²) in [5.74, 6) is 0.939. The molecule has 0 aromatic heterocycles. The molecule has 1 rings (SSSR count). The van der Waals surface area contributed by atoms with Crippen molar-refractivity contribution >= 4 is 0 Å². The maximum atomic E-state index is 10.1. The highest BCUT2D eigenvalue weighted by molar-refractivity contribution is 4.84. The van der Waals surface area contributed by atoms with Crippen LogP contribution in [-0.4, -0.2) is 30.5 Å². The largest absolute Gasteiger partial charge is 0.393 e. The molecule has 3 N–H and O–H groups in total. The van der Waals surface area contributed by atoms with Gasteiger partial charge < -0.3 is 15.6 Å². The van der Waals surface area contributed by atoms with Crippen molar-refractivity contribution in [3.63, 3.8) is 0 Å². The van der Waals surface area contributed by atoms with Crippen LogP contribution in [0, 0.1) is 11.8 Å². The van der Waals surface area contributed by atoms with Gasteiger partial charge >= 0.3 is 0 Å². The van der Waals surface area contributed by atoms with Crippen LogP contribution in [-0.2, 0) is 4.74 Å². The first-order chi connectivity index (χ1) is 7.71. The van der Waals surface area contributed by atoms with E-state index >= 15 is 0 Å². The van der Waals surface area contributed by atoms with Gasteiger partial charge in [0.1, 0.15) is 0 Å². The predicted octanol–water partition coefficient (Wildman–Crippen LogP) is 1.93. The molecule has 2 atom stereocenters. The Morgan fingerprint density at radius 1 is 1.38 bits per heavy atom. The van der Waals surface area contributed by atoms with Crippen LogP contribution >= 0.6 is 0 Å². The molecule has 0 aliphatic heterocycles. The van der Waals surface area contributed by atoms with Crippen molar-refractivity contribution < 1.29 is 9.84 Å². The van der Waals surface area contributed by atoms with Crippen molar-refractivity contribution in [3.05, 3.63) is 0 Å². The Morgan fingerprint density at radius 3 is 2.56 bits per heavy atom. The monoisotopic (exact) mass is 229 g/mol. The number of aliphatic hydroxyl groups is 1. The minimum absolute atomic E-state index is 0.211. The van der Waals surface area contributed by atoms with Crippen LogP contribution < -0.4 is 5.73 Å². The highest BCUT2D eigenvalue weighted by atomic mass is 16.5. The van der Waals surface area contributed by atoms with Gasteiger partial charge in [0.2, 0.25) is 0 Å². The number of hydrogen-bond donors (Lipinski definition) is 2. The van der Waals surface area contributed by atoms with Crippen LogP contribution in [0.2, 0.25) is 0 Å². The maximum absolute atomic E-state index is 10.1. The summed E-state index contributed by atoms with van der Waals surface area (Å²) in [7, 11) is 0. The molecule has 3 heteroatoms.